The molecule has 1 aliphatic rings. The lowest BCUT2D eigenvalue weighted by Crippen LogP contribution is -2.31. The molecule has 1 aliphatic heterocycles. The summed E-state index contributed by atoms with van der Waals surface area (Å²) in [6.45, 7) is 5.08. The fraction of sp³-hybridized carbons (Fsp3) is 0.438. The number of benzene rings is 1. The van der Waals surface area contributed by atoms with Crippen LogP contribution in [0.25, 0.3) is 6.08 Å². The summed E-state index contributed by atoms with van der Waals surface area (Å²) in [5, 5.41) is 8.55. The normalized spacial score (nSPS) is 19.6. The van der Waals surface area contributed by atoms with E-state index in [9.17, 15) is 4.79 Å². The van der Waals surface area contributed by atoms with Crippen molar-refractivity contribution in [2.45, 2.75) is 25.8 Å². The highest BCUT2D eigenvalue weighted by atomic mass is 16.5. The molecule has 20 heavy (non-hydrogen) atoms. The number of aliphatic carboxylic acids is 1. The van der Waals surface area contributed by atoms with E-state index >= 15 is 0 Å². The zero-order chi connectivity index (χ0) is 14.4. The predicted octanol–water partition coefficient (Wildman–Crippen LogP) is 2.65. The highest BCUT2D eigenvalue weighted by molar-refractivity contribution is 5.85. The van der Waals surface area contributed by atoms with Crippen molar-refractivity contribution in [2.75, 3.05) is 19.7 Å². The van der Waals surface area contributed by atoms with Gasteiger partial charge in [0.05, 0.1) is 0 Å². The van der Waals surface area contributed by atoms with Crippen LogP contribution in [0.5, 0.6) is 5.75 Å². The third-order valence-electron chi connectivity index (χ3n) is 3.64. The number of carbonyl (C=O) groups is 1. The molecule has 1 saturated heterocycles. The van der Waals surface area contributed by atoms with Crippen LogP contribution in [0.3, 0.4) is 0 Å². The maximum absolute atomic E-state index is 10.4. The molecule has 4 heteroatoms. The summed E-state index contributed by atoms with van der Waals surface area (Å²) in [5.74, 6) is -0.116. The second kappa shape index (κ2) is 7.10. The molecule has 1 N–H and O–H groups in total. The third kappa shape index (κ3) is 4.38. The first-order valence-electron chi connectivity index (χ1n) is 7.03. The van der Waals surface area contributed by atoms with Gasteiger partial charge in [0, 0.05) is 18.7 Å². The SMILES string of the molecule is CC1CCCN1CCOc1ccc(C=CC(=O)O)cc1. The van der Waals surface area contributed by atoms with Crippen LogP contribution in [-0.2, 0) is 4.79 Å². The number of nitrogens with zero attached hydrogens (tertiary/aromatic N) is 1. The molecule has 0 saturated carbocycles. The summed E-state index contributed by atoms with van der Waals surface area (Å²) in [5.41, 5.74) is 0.855. The van der Waals surface area contributed by atoms with Gasteiger partial charge in [-0.1, -0.05) is 12.1 Å². The molecule has 0 radical (unpaired) electrons. The van der Waals surface area contributed by atoms with Gasteiger partial charge >= 0.3 is 5.97 Å². The minimum atomic E-state index is -0.940. The summed E-state index contributed by atoms with van der Waals surface area (Å²) < 4.78 is 5.71. The average molecular weight is 275 g/mol. The Morgan fingerprint density at radius 2 is 2.20 bits per heavy atom. The number of ether oxygens (including phenoxy) is 1. The molecule has 2 rings (SSSR count). The first kappa shape index (κ1) is 14.6. The van der Waals surface area contributed by atoms with Gasteiger partial charge in [-0.2, -0.15) is 0 Å². The van der Waals surface area contributed by atoms with E-state index in [1.165, 1.54) is 19.4 Å². The van der Waals surface area contributed by atoms with Gasteiger partial charge in [-0.3, -0.25) is 4.90 Å². The zero-order valence-corrected chi connectivity index (χ0v) is 11.8. The number of carboxylic acid groups (broad SMARTS) is 1. The molecule has 1 unspecified atom stereocenters. The van der Waals surface area contributed by atoms with Gasteiger partial charge in [0.1, 0.15) is 12.4 Å². The second-order valence-electron chi connectivity index (χ2n) is 5.12. The van der Waals surface area contributed by atoms with Crippen molar-refractivity contribution in [3.8, 4) is 5.75 Å². The van der Waals surface area contributed by atoms with Crippen LogP contribution < -0.4 is 4.74 Å². The Labute approximate surface area is 119 Å². The molecular formula is C16H21NO3. The van der Waals surface area contributed by atoms with Crippen LogP contribution in [0.4, 0.5) is 0 Å². The Morgan fingerprint density at radius 1 is 1.45 bits per heavy atom. The number of hydrogen-bond donors (Lipinski definition) is 1. The average Bonchev–Trinajstić information content (AvgIpc) is 2.83. The lowest BCUT2D eigenvalue weighted by molar-refractivity contribution is -0.131. The first-order chi connectivity index (χ1) is 9.65. The lowest BCUT2D eigenvalue weighted by Gasteiger charge is -2.20. The molecule has 1 fully saturated rings. The van der Waals surface area contributed by atoms with Crippen molar-refractivity contribution in [2.24, 2.45) is 0 Å². The molecule has 1 atom stereocenters. The van der Waals surface area contributed by atoms with E-state index in [4.69, 9.17) is 9.84 Å². The van der Waals surface area contributed by atoms with Crippen molar-refractivity contribution in [3.05, 3.63) is 35.9 Å². The maximum Gasteiger partial charge on any atom is 0.328 e. The minimum absolute atomic E-state index is 0.669. The van der Waals surface area contributed by atoms with E-state index in [2.05, 4.69) is 11.8 Å². The summed E-state index contributed by atoms with van der Waals surface area (Å²) in [7, 11) is 0. The molecule has 0 spiro atoms. The molecule has 0 amide bonds. The van der Waals surface area contributed by atoms with Crippen molar-refractivity contribution >= 4 is 12.0 Å². The van der Waals surface area contributed by atoms with E-state index in [-0.39, 0.29) is 0 Å². The van der Waals surface area contributed by atoms with E-state index in [0.29, 0.717) is 12.6 Å². The minimum Gasteiger partial charge on any atom is -0.492 e. The Balaban J connectivity index is 1.77. The van der Waals surface area contributed by atoms with Gasteiger partial charge in [-0.25, -0.2) is 4.79 Å². The maximum atomic E-state index is 10.4. The molecule has 4 nitrogen and oxygen atoms in total. The van der Waals surface area contributed by atoms with E-state index in [1.54, 1.807) is 6.08 Å². The molecule has 1 aromatic carbocycles. The van der Waals surface area contributed by atoms with Crippen molar-refractivity contribution in [3.63, 3.8) is 0 Å². The summed E-state index contributed by atoms with van der Waals surface area (Å²) >= 11 is 0. The van der Waals surface area contributed by atoms with Gasteiger partial charge in [0.15, 0.2) is 0 Å². The lowest BCUT2D eigenvalue weighted by atomic mass is 10.2. The highest BCUT2D eigenvalue weighted by Gasteiger charge is 2.19. The van der Waals surface area contributed by atoms with E-state index in [1.807, 2.05) is 24.3 Å². The molecule has 0 aromatic heterocycles. The van der Waals surface area contributed by atoms with Crippen molar-refractivity contribution in [1.29, 1.82) is 0 Å². The van der Waals surface area contributed by atoms with Crippen molar-refractivity contribution < 1.29 is 14.6 Å². The monoisotopic (exact) mass is 275 g/mol. The van der Waals surface area contributed by atoms with Crippen LogP contribution in [0.15, 0.2) is 30.3 Å². The van der Waals surface area contributed by atoms with Gasteiger partial charge in [0.25, 0.3) is 0 Å². The van der Waals surface area contributed by atoms with E-state index in [0.717, 1.165) is 23.9 Å². The molecular weight excluding hydrogens is 254 g/mol. The topological polar surface area (TPSA) is 49.8 Å². The summed E-state index contributed by atoms with van der Waals surface area (Å²) in [6.07, 6.45) is 5.26. The zero-order valence-electron chi connectivity index (χ0n) is 11.8. The molecule has 0 aliphatic carbocycles. The summed E-state index contributed by atoms with van der Waals surface area (Å²) in [4.78, 5) is 12.9. The highest BCUT2D eigenvalue weighted by Crippen LogP contribution is 2.17. The molecule has 1 heterocycles. The van der Waals surface area contributed by atoms with Gasteiger partial charge in [-0.15, -0.1) is 0 Å². The van der Waals surface area contributed by atoms with Crippen LogP contribution in [0.1, 0.15) is 25.3 Å². The smallest absolute Gasteiger partial charge is 0.328 e. The van der Waals surface area contributed by atoms with Crippen LogP contribution in [0.2, 0.25) is 0 Å². The van der Waals surface area contributed by atoms with Gasteiger partial charge in [-0.05, 0) is 50.1 Å². The standard InChI is InChI=1S/C16H21NO3/c1-13-3-2-10-17(13)11-12-20-15-7-4-14(5-8-15)6-9-16(18)19/h4-9,13H,2-3,10-12H2,1H3,(H,18,19). The quantitative estimate of drug-likeness (QED) is 0.811. The predicted molar refractivity (Wildman–Crippen MR) is 78.9 cm³/mol. The van der Waals surface area contributed by atoms with Crippen molar-refractivity contribution in [1.82, 2.24) is 4.90 Å². The Kier molecular flexibility index (Phi) is 5.18. The van der Waals surface area contributed by atoms with Crippen LogP contribution in [-0.4, -0.2) is 41.7 Å². The number of carboxylic acids is 1. The Hall–Kier alpha value is -1.81. The first-order valence-corrected chi connectivity index (χ1v) is 7.03. The van der Waals surface area contributed by atoms with Gasteiger partial charge in [0.2, 0.25) is 0 Å². The molecule has 0 bridgehead atoms. The van der Waals surface area contributed by atoms with Crippen LogP contribution >= 0.6 is 0 Å². The number of hydrogen-bond acceptors (Lipinski definition) is 3. The second-order valence-corrected chi connectivity index (χ2v) is 5.12. The summed E-state index contributed by atoms with van der Waals surface area (Å²) in [6, 6.07) is 8.12. The number of rotatable bonds is 6. The van der Waals surface area contributed by atoms with Crippen LogP contribution in [0, 0.1) is 0 Å². The van der Waals surface area contributed by atoms with E-state index < -0.39 is 5.97 Å². The van der Waals surface area contributed by atoms with Gasteiger partial charge < -0.3 is 9.84 Å². The Bertz CT molecular complexity index is 467. The third-order valence-corrected chi connectivity index (χ3v) is 3.64. The fourth-order valence-electron chi connectivity index (χ4n) is 2.45. The fourth-order valence-corrected chi connectivity index (χ4v) is 2.45. The largest absolute Gasteiger partial charge is 0.492 e. The molecule has 1 aromatic rings. The molecule has 108 valence electrons. The Morgan fingerprint density at radius 3 is 2.80 bits per heavy atom. The number of likely N-dealkylation sites (tertiary alicyclic amines) is 1.